The summed E-state index contributed by atoms with van der Waals surface area (Å²) in [5.74, 6) is 0.216. The quantitative estimate of drug-likeness (QED) is 0.885. The molecule has 0 bridgehead atoms. The lowest BCUT2D eigenvalue weighted by molar-refractivity contribution is -0.125. The predicted molar refractivity (Wildman–Crippen MR) is 78.7 cm³/mol. The number of aromatic nitrogens is 3. The number of fused-ring (bicyclic) bond motifs is 1. The van der Waals surface area contributed by atoms with Crippen molar-refractivity contribution in [3.63, 3.8) is 0 Å². The largest absolute Gasteiger partial charge is 0.495 e. The Labute approximate surface area is 126 Å². The van der Waals surface area contributed by atoms with Gasteiger partial charge in [-0.1, -0.05) is 6.07 Å². The Hall–Kier alpha value is -2.90. The molecule has 22 heavy (non-hydrogen) atoms. The smallest absolute Gasteiger partial charge is 0.250 e. The summed E-state index contributed by atoms with van der Waals surface area (Å²) in [6.07, 6.45) is 1.31. The van der Waals surface area contributed by atoms with E-state index in [0.717, 1.165) is 5.56 Å². The van der Waals surface area contributed by atoms with Crippen LogP contribution in [0.3, 0.4) is 0 Å². The molecule has 1 aromatic heterocycles. The van der Waals surface area contributed by atoms with Gasteiger partial charge in [0.15, 0.2) is 0 Å². The SMILES string of the molecule is COc1ccc(C)cc1NC(=O)[C@@H]1CC(=O)Nc2ncnn21. The van der Waals surface area contributed by atoms with E-state index >= 15 is 0 Å². The summed E-state index contributed by atoms with van der Waals surface area (Å²) in [4.78, 5) is 28.1. The summed E-state index contributed by atoms with van der Waals surface area (Å²) in [6, 6.07) is 4.73. The van der Waals surface area contributed by atoms with Crippen molar-refractivity contribution in [2.45, 2.75) is 19.4 Å². The van der Waals surface area contributed by atoms with Crippen LogP contribution in [-0.4, -0.2) is 33.7 Å². The number of nitrogens with one attached hydrogen (secondary N) is 2. The number of aryl methyl sites for hydroxylation is 1. The molecule has 1 aliphatic rings. The number of anilines is 2. The first-order chi connectivity index (χ1) is 10.6. The van der Waals surface area contributed by atoms with Crippen molar-refractivity contribution in [3.8, 4) is 5.75 Å². The molecule has 0 aliphatic carbocycles. The lowest BCUT2D eigenvalue weighted by atomic mass is 10.1. The molecule has 0 spiro atoms. The number of carbonyl (C=O) groups excluding carboxylic acids is 2. The van der Waals surface area contributed by atoms with E-state index in [4.69, 9.17) is 4.74 Å². The minimum atomic E-state index is -0.739. The number of hydrogen-bond acceptors (Lipinski definition) is 5. The fourth-order valence-electron chi connectivity index (χ4n) is 2.34. The van der Waals surface area contributed by atoms with Gasteiger partial charge in [0.1, 0.15) is 18.1 Å². The highest BCUT2D eigenvalue weighted by Crippen LogP contribution is 2.28. The Kier molecular flexibility index (Phi) is 3.50. The number of rotatable bonds is 3. The molecule has 1 aliphatic heterocycles. The molecule has 0 saturated heterocycles. The fourth-order valence-corrected chi connectivity index (χ4v) is 2.34. The zero-order valence-corrected chi connectivity index (χ0v) is 12.2. The van der Waals surface area contributed by atoms with Gasteiger partial charge in [0.2, 0.25) is 17.8 Å². The van der Waals surface area contributed by atoms with Crippen LogP contribution in [-0.2, 0) is 9.59 Å². The number of nitrogens with zero attached hydrogens (tertiary/aromatic N) is 3. The van der Waals surface area contributed by atoms with Gasteiger partial charge < -0.3 is 10.1 Å². The van der Waals surface area contributed by atoms with Crippen molar-refractivity contribution in [2.24, 2.45) is 0 Å². The summed E-state index contributed by atoms with van der Waals surface area (Å²) in [6.45, 7) is 1.92. The molecule has 8 nitrogen and oxygen atoms in total. The van der Waals surface area contributed by atoms with E-state index in [-0.39, 0.29) is 24.2 Å². The fraction of sp³-hybridized carbons (Fsp3) is 0.286. The summed E-state index contributed by atoms with van der Waals surface area (Å²) in [7, 11) is 1.53. The topological polar surface area (TPSA) is 98.1 Å². The molecular weight excluding hydrogens is 286 g/mol. The Balaban J connectivity index is 1.87. The molecule has 2 aromatic rings. The summed E-state index contributed by atoms with van der Waals surface area (Å²) in [5.41, 5.74) is 1.54. The second-order valence-corrected chi connectivity index (χ2v) is 4.99. The van der Waals surface area contributed by atoms with E-state index in [1.807, 2.05) is 19.1 Å². The average Bonchev–Trinajstić information content (AvgIpc) is 2.94. The Morgan fingerprint density at radius 3 is 3.09 bits per heavy atom. The minimum absolute atomic E-state index is 0.0102. The number of benzene rings is 1. The van der Waals surface area contributed by atoms with Crippen molar-refractivity contribution in [2.75, 3.05) is 17.7 Å². The summed E-state index contributed by atoms with van der Waals surface area (Å²) >= 11 is 0. The van der Waals surface area contributed by atoms with Crippen molar-refractivity contribution >= 4 is 23.5 Å². The van der Waals surface area contributed by atoms with Gasteiger partial charge in [-0.2, -0.15) is 10.1 Å². The van der Waals surface area contributed by atoms with E-state index in [1.165, 1.54) is 18.1 Å². The van der Waals surface area contributed by atoms with E-state index < -0.39 is 6.04 Å². The standard InChI is InChI=1S/C14H15N5O3/c1-8-3-4-11(22-2)9(5-8)17-13(21)10-6-12(20)18-14-15-7-16-19(10)14/h3-5,7,10H,6H2,1-2H3,(H,17,21)(H,15,16,18,20)/t10-/m0/s1. The van der Waals surface area contributed by atoms with Crippen LogP contribution < -0.4 is 15.4 Å². The highest BCUT2D eigenvalue weighted by atomic mass is 16.5. The molecule has 114 valence electrons. The molecule has 1 atom stereocenters. The van der Waals surface area contributed by atoms with Crippen molar-refractivity contribution in [1.29, 1.82) is 0 Å². The third-order valence-electron chi connectivity index (χ3n) is 3.41. The number of methoxy groups -OCH3 is 1. The van der Waals surface area contributed by atoms with Crippen LogP contribution >= 0.6 is 0 Å². The first kappa shape index (κ1) is 14.1. The second-order valence-electron chi connectivity index (χ2n) is 4.99. The molecule has 3 rings (SSSR count). The van der Waals surface area contributed by atoms with Crippen LogP contribution in [0.4, 0.5) is 11.6 Å². The third-order valence-corrected chi connectivity index (χ3v) is 3.41. The summed E-state index contributed by atoms with van der Waals surface area (Å²) in [5, 5.41) is 9.35. The second kappa shape index (κ2) is 5.47. The van der Waals surface area contributed by atoms with Gasteiger partial charge in [0, 0.05) is 0 Å². The van der Waals surface area contributed by atoms with E-state index in [9.17, 15) is 9.59 Å². The van der Waals surface area contributed by atoms with E-state index in [2.05, 4.69) is 20.7 Å². The molecule has 8 heteroatoms. The first-order valence-corrected chi connectivity index (χ1v) is 6.73. The average molecular weight is 301 g/mol. The predicted octanol–water partition coefficient (Wildman–Crippen LogP) is 1.12. The van der Waals surface area contributed by atoms with Crippen LogP contribution in [0.15, 0.2) is 24.5 Å². The van der Waals surface area contributed by atoms with E-state index in [1.54, 1.807) is 6.07 Å². The zero-order chi connectivity index (χ0) is 15.7. The molecule has 0 unspecified atom stereocenters. The number of amides is 2. The van der Waals surface area contributed by atoms with E-state index in [0.29, 0.717) is 11.4 Å². The maximum atomic E-state index is 12.5. The molecule has 2 heterocycles. The minimum Gasteiger partial charge on any atom is -0.495 e. The van der Waals surface area contributed by atoms with Crippen LogP contribution in [0, 0.1) is 6.92 Å². The van der Waals surface area contributed by atoms with Crippen molar-refractivity contribution in [1.82, 2.24) is 14.8 Å². The van der Waals surface area contributed by atoms with Gasteiger partial charge in [-0.05, 0) is 24.6 Å². The maximum Gasteiger partial charge on any atom is 0.250 e. The molecule has 0 radical (unpaired) electrons. The zero-order valence-electron chi connectivity index (χ0n) is 12.2. The monoisotopic (exact) mass is 301 g/mol. The first-order valence-electron chi connectivity index (χ1n) is 6.73. The number of ether oxygens (including phenoxy) is 1. The molecule has 1 aromatic carbocycles. The lowest BCUT2D eigenvalue weighted by Crippen LogP contribution is -2.36. The normalized spacial score (nSPS) is 16.6. The van der Waals surface area contributed by atoms with Crippen LogP contribution in [0.1, 0.15) is 18.0 Å². The molecule has 0 saturated carbocycles. The molecule has 2 N–H and O–H groups in total. The van der Waals surface area contributed by atoms with Crippen LogP contribution in [0.5, 0.6) is 5.75 Å². The Morgan fingerprint density at radius 1 is 1.50 bits per heavy atom. The van der Waals surface area contributed by atoms with Gasteiger partial charge in [0.05, 0.1) is 19.2 Å². The molecule has 2 amide bonds. The number of hydrogen-bond donors (Lipinski definition) is 2. The Bertz CT molecular complexity index is 740. The lowest BCUT2D eigenvalue weighted by Gasteiger charge is -2.23. The van der Waals surface area contributed by atoms with Gasteiger partial charge in [-0.3, -0.25) is 14.9 Å². The molecule has 0 fully saturated rings. The highest BCUT2D eigenvalue weighted by molar-refractivity contribution is 6.01. The van der Waals surface area contributed by atoms with Crippen LogP contribution in [0.2, 0.25) is 0 Å². The summed E-state index contributed by atoms with van der Waals surface area (Å²) < 4.78 is 6.64. The maximum absolute atomic E-state index is 12.5. The highest BCUT2D eigenvalue weighted by Gasteiger charge is 2.32. The van der Waals surface area contributed by atoms with Gasteiger partial charge >= 0.3 is 0 Å². The van der Waals surface area contributed by atoms with Crippen LogP contribution in [0.25, 0.3) is 0 Å². The van der Waals surface area contributed by atoms with Crippen molar-refractivity contribution in [3.05, 3.63) is 30.1 Å². The van der Waals surface area contributed by atoms with Gasteiger partial charge in [-0.25, -0.2) is 4.68 Å². The third kappa shape index (κ3) is 2.50. The Morgan fingerprint density at radius 2 is 2.32 bits per heavy atom. The van der Waals surface area contributed by atoms with Gasteiger partial charge in [-0.15, -0.1) is 0 Å². The molecular formula is C14H15N5O3. The number of carbonyl (C=O) groups is 2. The van der Waals surface area contributed by atoms with Crippen molar-refractivity contribution < 1.29 is 14.3 Å². The van der Waals surface area contributed by atoms with Gasteiger partial charge in [0.25, 0.3) is 0 Å².